The number of aliphatic hydroxyl groups is 1. The van der Waals surface area contributed by atoms with Crippen molar-refractivity contribution in [3.8, 4) is 0 Å². The summed E-state index contributed by atoms with van der Waals surface area (Å²) in [6.45, 7) is 1.04. The molecular formula is C20H26N4O5. The average Bonchev–Trinajstić information content (AvgIpc) is 2.95. The molecule has 0 aliphatic carbocycles. The fraction of sp³-hybridized carbons (Fsp3) is 0.500. The van der Waals surface area contributed by atoms with E-state index >= 15 is 0 Å². The van der Waals surface area contributed by atoms with Gasteiger partial charge in [0, 0.05) is 19.0 Å². The Morgan fingerprint density at radius 3 is 2.62 bits per heavy atom. The SMILES string of the molecule is NCCCC[C@@H](CO)NCc1ccc2c(c1)C(=O)N(C1CCC(=O)NC1=O)C2=O. The molecule has 0 bridgehead atoms. The zero-order valence-electron chi connectivity index (χ0n) is 16.1. The quantitative estimate of drug-likeness (QED) is 0.327. The molecule has 9 nitrogen and oxygen atoms in total. The van der Waals surface area contributed by atoms with Crippen LogP contribution in [0.1, 0.15) is 58.4 Å². The third kappa shape index (κ3) is 4.52. The number of carbonyl (C=O) groups excluding carboxylic acids is 4. The number of unbranched alkanes of at least 4 members (excludes halogenated alkanes) is 1. The first-order chi connectivity index (χ1) is 14.0. The fourth-order valence-corrected chi connectivity index (χ4v) is 3.68. The molecule has 0 radical (unpaired) electrons. The van der Waals surface area contributed by atoms with Crippen LogP contribution in [0, 0.1) is 0 Å². The zero-order chi connectivity index (χ0) is 21.0. The van der Waals surface area contributed by atoms with Crippen LogP contribution in [0.5, 0.6) is 0 Å². The summed E-state index contributed by atoms with van der Waals surface area (Å²) in [6.07, 6.45) is 2.81. The summed E-state index contributed by atoms with van der Waals surface area (Å²) in [6, 6.07) is 3.93. The Balaban J connectivity index is 1.69. The van der Waals surface area contributed by atoms with E-state index in [9.17, 15) is 24.3 Å². The summed E-state index contributed by atoms with van der Waals surface area (Å²) in [4.78, 5) is 49.9. The van der Waals surface area contributed by atoms with Crippen molar-refractivity contribution >= 4 is 23.6 Å². The Morgan fingerprint density at radius 2 is 1.93 bits per heavy atom. The molecule has 1 aromatic rings. The molecule has 156 valence electrons. The molecule has 3 rings (SSSR count). The lowest BCUT2D eigenvalue weighted by Gasteiger charge is -2.27. The van der Waals surface area contributed by atoms with Gasteiger partial charge in [-0.2, -0.15) is 0 Å². The first-order valence-corrected chi connectivity index (χ1v) is 9.85. The Hall–Kier alpha value is -2.62. The minimum atomic E-state index is -0.969. The molecule has 9 heteroatoms. The normalized spacial score (nSPS) is 20.1. The summed E-state index contributed by atoms with van der Waals surface area (Å²) in [5.74, 6) is -2.07. The molecule has 1 saturated heterocycles. The van der Waals surface area contributed by atoms with Crippen molar-refractivity contribution in [2.45, 2.75) is 50.7 Å². The van der Waals surface area contributed by atoms with E-state index in [0.717, 1.165) is 29.7 Å². The smallest absolute Gasteiger partial charge is 0.262 e. The third-order valence-electron chi connectivity index (χ3n) is 5.33. The van der Waals surface area contributed by atoms with E-state index in [0.29, 0.717) is 13.1 Å². The molecule has 2 aliphatic heterocycles. The maximum absolute atomic E-state index is 12.8. The van der Waals surface area contributed by atoms with Crippen LogP contribution in [0.3, 0.4) is 0 Å². The standard InChI is InChI=1S/C20H26N4O5/c21-8-2-1-3-13(11-25)22-10-12-4-5-14-15(9-12)20(29)24(19(14)28)16-6-7-17(26)23-18(16)27/h4-5,9,13,16,22,25H,1-3,6-8,10-11,21H2,(H,23,26,27)/t13-,16?/m0/s1. The van der Waals surface area contributed by atoms with E-state index in [-0.39, 0.29) is 36.6 Å². The zero-order valence-corrected chi connectivity index (χ0v) is 16.1. The fourth-order valence-electron chi connectivity index (χ4n) is 3.68. The molecule has 2 aliphatic rings. The summed E-state index contributed by atoms with van der Waals surface area (Å²) in [5.41, 5.74) is 6.80. The van der Waals surface area contributed by atoms with Gasteiger partial charge in [0.15, 0.2) is 0 Å². The summed E-state index contributed by atoms with van der Waals surface area (Å²) in [5, 5.41) is 14.9. The first kappa shape index (κ1) is 21.1. The monoisotopic (exact) mass is 402 g/mol. The molecule has 2 heterocycles. The minimum absolute atomic E-state index is 0.00375. The number of nitrogens with zero attached hydrogens (tertiary/aromatic N) is 1. The molecule has 5 N–H and O–H groups in total. The molecule has 1 unspecified atom stereocenters. The number of piperidine rings is 1. The van der Waals surface area contributed by atoms with Gasteiger partial charge >= 0.3 is 0 Å². The number of nitrogens with two attached hydrogens (primary N) is 1. The lowest BCUT2D eigenvalue weighted by molar-refractivity contribution is -0.136. The molecule has 0 aromatic heterocycles. The van der Waals surface area contributed by atoms with Crippen LogP contribution in [0.15, 0.2) is 18.2 Å². The summed E-state index contributed by atoms with van der Waals surface area (Å²) in [7, 11) is 0. The molecular weight excluding hydrogens is 376 g/mol. The van der Waals surface area contributed by atoms with Gasteiger partial charge < -0.3 is 16.2 Å². The van der Waals surface area contributed by atoms with Crippen LogP contribution in [0.2, 0.25) is 0 Å². The van der Waals surface area contributed by atoms with Gasteiger partial charge in [-0.05, 0) is 43.5 Å². The number of rotatable bonds is 9. The lowest BCUT2D eigenvalue weighted by Crippen LogP contribution is -2.54. The predicted octanol–water partition coefficient (Wildman–Crippen LogP) is -0.333. The van der Waals surface area contributed by atoms with Crippen LogP contribution in [0.25, 0.3) is 0 Å². The highest BCUT2D eigenvalue weighted by Gasteiger charge is 2.44. The molecule has 1 aromatic carbocycles. The van der Waals surface area contributed by atoms with E-state index in [1.54, 1.807) is 18.2 Å². The van der Waals surface area contributed by atoms with E-state index in [1.165, 1.54) is 0 Å². The van der Waals surface area contributed by atoms with Crippen molar-refractivity contribution in [2.24, 2.45) is 5.73 Å². The highest BCUT2D eigenvalue weighted by Crippen LogP contribution is 2.28. The number of imide groups is 2. The number of amides is 4. The number of nitrogens with one attached hydrogen (secondary N) is 2. The first-order valence-electron chi connectivity index (χ1n) is 9.85. The van der Waals surface area contributed by atoms with Crippen LogP contribution < -0.4 is 16.4 Å². The number of hydrogen-bond donors (Lipinski definition) is 4. The average molecular weight is 402 g/mol. The van der Waals surface area contributed by atoms with Crippen molar-refractivity contribution in [1.29, 1.82) is 0 Å². The number of fused-ring (bicyclic) bond motifs is 1. The van der Waals surface area contributed by atoms with Crippen molar-refractivity contribution in [1.82, 2.24) is 15.5 Å². The van der Waals surface area contributed by atoms with Crippen LogP contribution >= 0.6 is 0 Å². The van der Waals surface area contributed by atoms with Crippen molar-refractivity contribution in [3.63, 3.8) is 0 Å². The highest BCUT2D eigenvalue weighted by molar-refractivity contribution is 6.23. The molecule has 2 atom stereocenters. The number of carbonyl (C=O) groups is 4. The molecule has 0 spiro atoms. The lowest BCUT2D eigenvalue weighted by atomic mass is 10.0. The van der Waals surface area contributed by atoms with Gasteiger partial charge in [-0.25, -0.2) is 0 Å². The van der Waals surface area contributed by atoms with Gasteiger partial charge in [-0.1, -0.05) is 12.5 Å². The number of aliphatic hydroxyl groups excluding tert-OH is 1. The van der Waals surface area contributed by atoms with Crippen molar-refractivity contribution < 1.29 is 24.3 Å². The maximum Gasteiger partial charge on any atom is 0.262 e. The Labute approximate surface area is 168 Å². The third-order valence-corrected chi connectivity index (χ3v) is 5.33. The van der Waals surface area contributed by atoms with Crippen LogP contribution in [0.4, 0.5) is 0 Å². The van der Waals surface area contributed by atoms with Gasteiger partial charge in [0.05, 0.1) is 17.7 Å². The van der Waals surface area contributed by atoms with Crippen molar-refractivity contribution in [3.05, 3.63) is 34.9 Å². The van der Waals surface area contributed by atoms with Gasteiger partial charge in [-0.15, -0.1) is 0 Å². The minimum Gasteiger partial charge on any atom is -0.395 e. The Morgan fingerprint density at radius 1 is 1.17 bits per heavy atom. The predicted molar refractivity (Wildman–Crippen MR) is 104 cm³/mol. The second-order valence-corrected chi connectivity index (χ2v) is 7.37. The van der Waals surface area contributed by atoms with E-state index < -0.39 is 29.7 Å². The van der Waals surface area contributed by atoms with Crippen LogP contribution in [-0.2, 0) is 16.1 Å². The van der Waals surface area contributed by atoms with E-state index in [2.05, 4.69) is 10.6 Å². The topological polar surface area (TPSA) is 142 Å². The molecule has 1 fully saturated rings. The van der Waals surface area contributed by atoms with Gasteiger partial charge in [0.25, 0.3) is 11.8 Å². The molecule has 0 saturated carbocycles. The van der Waals surface area contributed by atoms with Gasteiger partial charge in [-0.3, -0.25) is 29.4 Å². The number of hydrogen-bond acceptors (Lipinski definition) is 7. The van der Waals surface area contributed by atoms with Gasteiger partial charge in [0.2, 0.25) is 11.8 Å². The maximum atomic E-state index is 12.8. The molecule has 4 amide bonds. The summed E-state index contributed by atoms with van der Waals surface area (Å²) < 4.78 is 0. The van der Waals surface area contributed by atoms with Gasteiger partial charge in [0.1, 0.15) is 6.04 Å². The number of benzene rings is 1. The van der Waals surface area contributed by atoms with Crippen molar-refractivity contribution in [2.75, 3.05) is 13.2 Å². The highest BCUT2D eigenvalue weighted by atomic mass is 16.3. The van der Waals surface area contributed by atoms with E-state index in [1.807, 2.05) is 0 Å². The second kappa shape index (κ2) is 9.25. The largest absolute Gasteiger partial charge is 0.395 e. The molecule has 29 heavy (non-hydrogen) atoms. The Kier molecular flexibility index (Phi) is 6.73. The van der Waals surface area contributed by atoms with E-state index in [4.69, 9.17) is 5.73 Å². The Bertz CT molecular complexity index is 825. The van der Waals surface area contributed by atoms with Crippen LogP contribution in [-0.4, -0.2) is 58.9 Å². The second-order valence-electron chi connectivity index (χ2n) is 7.37. The summed E-state index contributed by atoms with van der Waals surface area (Å²) >= 11 is 0.